The molecule has 19 heavy (non-hydrogen) atoms. The van der Waals surface area contributed by atoms with E-state index < -0.39 is 12.1 Å². The maximum absolute atomic E-state index is 11.4. The Morgan fingerprint density at radius 1 is 0.895 bits per heavy atom. The third kappa shape index (κ3) is 12.2. The van der Waals surface area contributed by atoms with Gasteiger partial charge in [-0.1, -0.05) is 71.6 Å². The third-order valence-corrected chi connectivity index (χ3v) is 3.35. The van der Waals surface area contributed by atoms with Gasteiger partial charge in [-0.2, -0.15) is 0 Å². The van der Waals surface area contributed by atoms with Crippen LogP contribution in [0.15, 0.2) is 0 Å². The van der Waals surface area contributed by atoms with Crippen LogP contribution in [-0.4, -0.2) is 23.8 Å². The zero-order chi connectivity index (χ0) is 14.3. The number of aliphatic hydroxyl groups excluding tert-OH is 1. The van der Waals surface area contributed by atoms with Crippen LogP contribution in [0.4, 0.5) is 0 Å². The first-order valence-electron chi connectivity index (χ1n) is 8.07. The first kappa shape index (κ1) is 18.4. The summed E-state index contributed by atoms with van der Waals surface area (Å²) in [6.07, 6.45) is 11.3. The monoisotopic (exact) mass is 272 g/mol. The molecule has 0 amide bonds. The molecule has 0 fully saturated rings. The van der Waals surface area contributed by atoms with Gasteiger partial charge in [0.25, 0.3) is 0 Å². The molecule has 0 aromatic carbocycles. The maximum Gasteiger partial charge on any atom is 0.334 e. The fourth-order valence-electron chi connectivity index (χ4n) is 2.00. The molecule has 0 aliphatic carbocycles. The predicted octanol–water partition coefficient (Wildman–Crippen LogP) is 4.22. The van der Waals surface area contributed by atoms with Crippen LogP contribution in [0, 0.1) is 0 Å². The van der Waals surface area contributed by atoms with Gasteiger partial charge in [0.15, 0.2) is 6.10 Å². The van der Waals surface area contributed by atoms with Crippen LogP contribution in [0.3, 0.4) is 0 Å². The predicted molar refractivity (Wildman–Crippen MR) is 79.1 cm³/mol. The van der Waals surface area contributed by atoms with Crippen LogP contribution in [0.1, 0.15) is 84.5 Å². The summed E-state index contributed by atoms with van der Waals surface area (Å²) in [5, 5.41) is 9.62. The molecule has 0 saturated heterocycles. The lowest BCUT2D eigenvalue weighted by molar-refractivity contribution is -0.154. The minimum Gasteiger partial charge on any atom is -0.464 e. The molecule has 0 aliphatic rings. The maximum atomic E-state index is 11.4. The molecule has 0 saturated carbocycles. The smallest absolute Gasteiger partial charge is 0.334 e. The lowest BCUT2D eigenvalue weighted by Crippen LogP contribution is -2.23. The molecule has 1 atom stereocenters. The number of hydrogen-bond donors (Lipinski definition) is 1. The lowest BCUT2D eigenvalue weighted by Gasteiger charge is -2.10. The Balaban J connectivity index is 3.32. The second-order valence-electron chi connectivity index (χ2n) is 5.30. The van der Waals surface area contributed by atoms with Crippen molar-refractivity contribution in [3.63, 3.8) is 0 Å². The first-order valence-corrected chi connectivity index (χ1v) is 8.07. The van der Waals surface area contributed by atoms with Gasteiger partial charge in [-0.25, -0.2) is 4.79 Å². The van der Waals surface area contributed by atoms with Crippen molar-refractivity contribution in [3.8, 4) is 0 Å². The normalized spacial score (nSPS) is 12.4. The fraction of sp³-hybridized carbons (Fsp3) is 0.938. The molecule has 0 spiro atoms. The van der Waals surface area contributed by atoms with E-state index in [1.807, 2.05) is 6.92 Å². The molecular formula is C16H32O3. The molecule has 3 heteroatoms. The van der Waals surface area contributed by atoms with Crippen molar-refractivity contribution < 1.29 is 14.6 Å². The van der Waals surface area contributed by atoms with E-state index in [0.29, 0.717) is 13.0 Å². The number of hydrogen-bond acceptors (Lipinski definition) is 3. The largest absolute Gasteiger partial charge is 0.464 e. The molecule has 114 valence electrons. The van der Waals surface area contributed by atoms with Gasteiger partial charge >= 0.3 is 5.97 Å². The molecule has 0 aliphatic heterocycles. The third-order valence-electron chi connectivity index (χ3n) is 3.35. The molecule has 0 bridgehead atoms. The van der Waals surface area contributed by atoms with Gasteiger partial charge in [-0.05, 0) is 12.8 Å². The van der Waals surface area contributed by atoms with Gasteiger partial charge in [0.05, 0.1) is 6.61 Å². The SMILES string of the molecule is CCCCCCCCCC[C@H](O)C(=O)OCCCC. The van der Waals surface area contributed by atoms with Crippen molar-refractivity contribution in [2.24, 2.45) is 0 Å². The minimum atomic E-state index is -0.919. The number of unbranched alkanes of at least 4 members (excludes halogenated alkanes) is 8. The van der Waals surface area contributed by atoms with E-state index in [0.717, 1.165) is 25.7 Å². The van der Waals surface area contributed by atoms with E-state index in [4.69, 9.17) is 4.74 Å². The number of carbonyl (C=O) groups is 1. The summed E-state index contributed by atoms with van der Waals surface area (Å²) in [5.41, 5.74) is 0. The summed E-state index contributed by atoms with van der Waals surface area (Å²) in [6.45, 7) is 4.70. The topological polar surface area (TPSA) is 46.5 Å². The van der Waals surface area contributed by atoms with E-state index in [-0.39, 0.29) is 0 Å². The Labute approximate surface area is 118 Å². The molecule has 1 N–H and O–H groups in total. The van der Waals surface area contributed by atoms with Crippen molar-refractivity contribution >= 4 is 5.97 Å². The molecule has 0 heterocycles. The van der Waals surface area contributed by atoms with Crippen LogP contribution in [0.2, 0.25) is 0 Å². The van der Waals surface area contributed by atoms with Crippen molar-refractivity contribution in [3.05, 3.63) is 0 Å². The first-order chi connectivity index (χ1) is 9.22. The van der Waals surface area contributed by atoms with Crippen molar-refractivity contribution in [1.29, 1.82) is 0 Å². The van der Waals surface area contributed by atoms with E-state index >= 15 is 0 Å². The average Bonchev–Trinajstić information content (AvgIpc) is 2.41. The molecular weight excluding hydrogens is 240 g/mol. The van der Waals surface area contributed by atoms with Crippen molar-refractivity contribution in [2.45, 2.75) is 90.6 Å². The Hall–Kier alpha value is -0.570. The Morgan fingerprint density at radius 3 is 2.00 bits per heavy atom. The molecule has 0 radical (unpaired) electrons. The van der Waals surface area contributed by atoms with Crippen LogP contribution < -0.4 is 0 Å². The van der Waals surface area contributed by atoms with Crippen molar-refractivity contribution in [2.75, 3.05) is 6.61 Å². The summed E-state index contributed by atoms with van der Waals surface area (Å²) in [4.78, 5) is 11.4. The Bertz CT molecular complexity index is 204. The van der Waals surface area contributed by atoms with Crippen LogP contribution in [0.25, 0.3) is 0 Å². The van der Waals surface area contributed by atoms with Crippen molar-refractivity contribution in [1.82, 2.24) is 0 Å². The van der Waals surface area contributed by atoms with E-state index in [2.05, 4.69) is 6.92 Å². The summed E-state index contributed by atoms with van der Waals surface area (Å²) in [5.74, 6) is -0.448. The Morgan fingerprint density at radius 2 is 1.42 bits per heavy atom. The minimum absolute atomic E-state index is 0.434. The highest BCUT2D eigenvalue weighted by molar-refractivity contribution is 5.74. The van der Waals surface area contributed by atoms with Gasteiger partial charge in [0.1, 0.15) is 0 Å². The second-order valence-corrected chi connectivity index (χ2v) is 5.30. The number of rotatable bonds is 13. The highest BCUT2D eigenvalue weighted by atomic mass is 16.5. The fourth-order valence-corrected chi connectivity index (χ4v) is 2.00. The van der Waals surface area contributed by atoms with Crippen LogP contribution >= 0.6 is 0 Å². The number of carbonyl (C=O) groups excluding carboxylic acids is 1. The molecule has 0 aromatic rings. The Kier molecular flexibility index (Phi) is 13.4. The number of esters is 1. The number of aliphatic hydroxyl groups is 1. The standard InChI is InChI=1S/C16H32O3/c1-3-5-7-8-9-10-11-12-13-15(17)16(18)19-14-6-4-2/h15,17H,3-14H2,1-2H3/t15-/m0/s1. The zero-order valence-corrected chi connectivity index (χ0v) is 12.8. The molecule has 0 rings (SSSR count). The summed E-state index contributed by atoms with van der Waals surface area (Å²) < 4.78 is 4.98. The van der Waals surface area contributed by atoms with E-state index in [9.17, 15) is 9.90 Å². The average molecular weight is 272 g/mol. The van der Waals surface area contributed by atoms with Gasteiger partial charge in [0, 0.05) is 0 Å². The number of ether oxygens (including phenoxy) is 1. The molecule has 0 unspecified atom stereocenters. The van der Waals surface area contributed by atoms with Gasteiger partial charge in [0.2, 0.25) is 0 Å². The van der Waals surface area contributed by atoms with Crippen LogP contribution in [-0.2, 0) is 9.53 Å². The quantitative estimate of drug-likeness (QED) is 0.403. The zero-order valence-electron chi connectivity index (χ0n) is 12.8. The second kappa shape index (κ2) is 13.9. The van der Waals surface area contributed by atoms with E-state index in [1.54, 1.807) is 0 Å². The van der Waals surface area contributed by atoms with Gasteiger partial charge < -0.3 is 9.84 Å². The molecule has 3 nitrogen and oxygen atoms in total. The highest BCUT2D eigenvalue weighted by Crippen LogP contribution is 2.11. The van der Waals surface area contributed by atoms with Gasteiger partial charge in [-0.15, -0.1) is 0 Å². The summed E-state index contributed by atoms with van der Waals surface area (Å²) in [7, 11) is 0. The van der Waals surface area contributed by atoms with Gasteiger partial charge in [-0.3, -0.25) is 0 Å². The summed E-state index contributed by atoms with van der Waals surface area (Å²) in [6, 6.07) is 0. The lowest BCUT2D eigenvalue weighted by atomic mass is 10.1. The van der Waals surface area contributed by atoms with E-state index in [1.165, 1.54) is 38.5 Å². The molecule has 0 aromatic heterocycles. The van der Waals surface area contributed by atoms with Crippen LogP contribution in [0.5, 0.6) is 0 Å². The summed E-state index contributed by atoms with van der Waals surface area (Å²) >= 11 is 0. The highest BCUT2D eigenvalue weighted by Gasteiger charge is 2.15.